The number of aliphatic hydroxyl groups is 1. The number of rotatable bonds is 2. The summed E-state index contributed by atoms with van der Waals surface area (Å²) in [6, 6.07) is -0.763. The summed E-state index contributed by atoms with van der Waals surface area (Å²) >= 11 is 0. The Morgan fingerprint density at radius 1 is 1.23 bits per heavy atom. The highest BCUT2D eigenvalue weighted by molar-refractivity contribution is 6.47. The van der Waals surface area contributed by atoms with E-state index in [-0.39, 0.29) is 11.2 Å². The van der Waals surface area contributed by atoms with E-state index in [1.807, 2.05) is 27.7 Å². The highest BCUT2D eigenvalue weighted by atomic mass is 16.7. The van der Waals surface area contributed by atoms with Crippen molar-refractivity contribution in [3.05, 3.63) is 12.7 Å². The molecule has 1 saturated heterocycles. The van der Waals surface area contributed by atoms with E-state index in [1.54, 1.807) is 0 Å². The topological polar surface area (TPSA) is 38.7 Å². The summed E-state index contributed by atoms with van der Waals surface area (Å²) in [7, 11) is -0.595. The van der Waals surface area contributed by atoms with Gasteiger partial charge in [-0.1, -0.05) is 6.08 Å². The van der Waals surface area contributed by atoms with Crippen LogP contribution in [-0.4, -0.2) is 29.4 Å². The first-order valence-corrected chi connectivity index (χ1v) is 4.46. The second-order valence-corrected chi connectivity index (χ2v) is 4.35. The molecule has 0 aromatic carbocycles. The smallest absolute Gasteiger partial charge is 0.401 e. The molecule has 1 aliphatic heterocycles. The highest BCUT2D eigenvalue weighted by Gasteiger charge is 2.53. The predicted octanol–water partition coefficient (Wildman–Crippen LogP) is 1.16. The third-order valence-electron chi connectivity index (χ3n) is 2.79. The summed E-state index contributed by atoms with van der Waals surface area (Å²) in [5.41, 5.74) is -0.774. The van der Waals surface area contributed by atoms with Gasteiger partial charge in [0.15, 0.2) is 0 Å². The molecule has 74 valence electrons. The van der Waals surface area contributed by atoms with Crippen LogP contribution in [0.25, 0.3) is 0 Å². The molecule has 0 aromatic rings. The molecule has 0 bridgehead atoms. The first kappa shape index (κ1) is 10.8. The van der Waals surface area contributed by atoms with Gasteiger partial charge in [0, 0.05) is 0 Å². The van der Waals surface area contributed by atoms with Crippen molar-refractivity contribution in [2.45, 2.75) is 44.9 Å². The van der Waals surface area contributed by atoms with Crippen LogP contribution in [0, 0.1) is 0 Å². The Bertz CT molecular complexity index is 197. The maximum atomic E-state index is 9.45. The Morgan fingerprint density at radius 2 is 1.62 bits per heavy atom. The molecule has 0 amide bonds. The Hall–Kier alpha value is -0.315. The minimum atomic E-state index is -0.763. The van der Waals surface area contributed by atoms with Gasteiger partial charge in [-0.15, -0.1) is 6.58 Å². The Labute approximate surface area is 79.9 Å². The van der Waals surface area contributed by atoms with Gasteiger partial charge in [0.25, 0.3) is 0 Å². The molecule has 1 fully saturated rings. The van der Waals surface area contributed by atoms with Gasteiger partial charge in [0.05, 0.1) is 11.2 Å². The van der Waals surface area contributed by atoms with Crippen molar-refractivity contribution in [2.24, 2.45) is 0 Å². The number of hydrogen-bond acceptors (Lipinski definition) is 3. The van der Waals surface area contributed by atoms with E-state index in [0.717, 1.165) is 0 Å². The van der Waals surface area contributed by atoms with Crippen molar-refractivity contribution in [3.63, 3.8) is 0 Å². The second-order valence-electron chi connectivity index (χ2n) is 4.35. The first-order valence-electron chi connectivity index (χ1n) is 4.46. The zero-order chi connectivity index (χ0) is 10.3. The van der Waals surface area contributed by atoms with E-state index in [2.05, 4.69) is 6.58 Å². The van der Waals surface area contributed by atoms with E-state index in [9.17, 15) is 5.11 Å². The summed E-state index contributed by atoms with van der Waals surface area (Å²) in [5.74, 6) is 0. The molecule has 0 aromatic heterocycles. The normalized spacial score (nSPS) is 27.3. The van der Waals surface area contributed by atoms with Gasteiger partial charge in [-0.25, -0.2) is 0 Å². The lowest BCUT2D eigenvalue weighted by atomic mass is 9.81. The molecule has 3 nitrogen and oxygen atoms in total. The van der Waals surface area contributed by atoms with Crippen LogP contribution in [0.4, 0.5) is 0 Å². The highest BCUT2D eigenvalue weighted by Crippen LogP contribution is 2.37. The molecule has 0 saturated carbocycles. The maximum absolute atomic E-state index is 9.45. The van der Waals surface area contributed by atoms with Gasteiger partial charge < -0.3 is 14.4 Å². The fourth-order valence-corrected chi connectivity index (χ4v) is 1.14. The van der Waals surface area contributed by atoms with Crippen LogP contribution in [0.2, 0.25) is 0 Å². The summed E-state index contributed by atoms with van der Waals surface area (Å²) in [6.07, 6.45) is 1.42. The number of hydrogen-bond donors (Lipinski definition) is 1. The van der Waals surface area contributed by atoms with Gasteiger partial charge in [-0.2, -0.15) is 0 Å². The molecule has 1 atom stereocenters. The molecule has 1 heterocycles. The van der Waals surface area contributed by atoms with Crippen LogP contribution < -0.4 is 0 Å². The summed E-state index contributed by atoms with van der Waals surface area (Å²) in [4.78, 5) is 0. The zero-order valence-corrected chi connectivity index (χ0v) is 8.70. The number of aliphatic hydroxyl groups excluding tert-OH is 1. The van der Waals surface area contributed by atoms with Gasteiger partial charge in [0.2, 0.25) is 0 Å². The summed E-state index contributed by atoms with van der Waals surface area (Å²) < 4.78 is 11.1. The van der Waals surface area contributed by atoms with E-state index >= 15 is 0 Å². The van der Waals surface area contributed by atoms with E-state index < -0.39 is 13.1 Å². The van der Waals surface area contributed by atoms with Crippen LogP contribution in [-0.2, 0) is 9.31 Å². The average Bonchev–Trinajstić information content (AvgIpc) is 2.20. The Morgan fingerprint density at radius 3 is 1.92 bits per heavy atom. The lowest BCUT2D eigenvalue weighted by molar-refractivity contribution is 0.00578. The van der Waals surface area contributed by atoms with E-state index in [4.69, 9.17) is 9.31 Å². The van der Waals surface area contributed by atoms with E-state index in [1.165, 1.54) is 6.08 Å². The Kier molecular flexibility index (Phi) is 2.58. The molecule has 1 aliphatic rings. The fourth-order valence-electron chi connectivity index (χ4n) is 1.14. The third kappa shape index (κ3) is 1.80. The molecule has 1 unspecified atom stereocenters. The van der Waals surface area contributed by atoms with Crippen LogP contribution in [0.5, 0.6) is 0 Å². The predicted molar refractivity (Wildman–Crippen MR) is 52.3 cm³/mol. The van der Waals surface area contributed by atoms with E-state index in [0.29, 0.717) is 0 Å². The second kappa shape index (κ2) is 3.12. The molecule has 0 aliphatic carbocycles. The van der Waals surface area contributed by atoms with Gasteiger partial charge in [0.1, 0.15) is 6.00 Å². The van der Waals surface area contributed by atoms with Gasteiger partial charge in [-0.05, 0) is 27.7 Å². The first-order chi connectivity index (χ1) is 5.80. The lowest BCUT2D eigenvalue weighted by Gasteiger charge is -2.32. The van der Waals surface area contributed by atoms with Crippen molar-refractivity contribution >= 4 is 7.12 Å². The minimum Gasteiger partial charge on any atom is -0.401 e. The molecule has 0 spiro atoms. The standard InChI is InChI=1S/C9H17BO3/c1-6-7(11)10-12-8(2,3)9(4,5)13-10/h6-7,11H,1H2,2-5H3. The lowest BCUT2D eigenvalue weighted by Crippen LogP contribution is -2.41. The van der Waals surface area contributed by atoms with Crippen molar-refractivity contribution in [2.75, 3.05) is 0 Å². The van der Waals surface area contributed by atoms with Crippen molar-refractivity contribution < 1.29 is 14.4 Å². The van der Waals surface area contributed by atoms with Crippen LogP contribution >= 0.6 is 0 Å². The minimum absolute atomic E-state index is 0.387. The largest absolute Gasteiger partial charge is 0.492 e. The maximum Gasteiger partial charge on any atom is 0.492 e. The van der Waals surface area contributed by atoms with Crippen molar-refractivity contribution in [3.8, 4) is 0 Å². The molecule has 0 radical (unpaired) electrons. The third-order valence-corrected chi connectivity index (χ3v) is 2.79. The summed E-state index contributed by atoms with van der Waals surface area (Å²) in [6.45, 7) is 11.3. The average molecular weight is 184 g/mol. The molecule has 1 rings (SSSR count). The molecular formula is C9H17BO3. The Balaban J connectivity index is 2.76. The fraction of sp³-hybridized carbons (Fsp3) is 0.778. The van der Waals surface area contributed by atoms with Crippen LogP contribution in [0.1, 0.15) is 27.7 Å². The molecule has 1 N–H and O–H groups in total. The van der Waals surface area contributed by atoms with Crippen LogP contribution in [0.3, 0.4) is 0 Å². The zero-order valence-electron chi connectivity index (χ0n) is 8.70. The van der Waals surface area contributed by atoms with Crippen molar-refractivity contribution in [1.82, 2.24) is 0 Å². The molecule has 13 heavy (non-hydrogen) atoms. The molecular weight excluding hydrogens is 167 g/mol. The quantitative estimate of drug-likeness (QED) is 0.517. The molecule has 4 heteroatoms. The van der Waals surface area contributed by atoms with Crippen molar-refractivity contribution in [1.29, 1.82) is 0 Å². The van der Waals surface area contributed by atoms with Gasteiger partial charge >= 0.3 is 7.12 Å². The van der Waals surface area contributed by atoms with Gasteiger partial charge in [-0.3, -0.25) is 0 Å². The monoisotopic (exact) mass is 184 g/mol. The summed E-state index contributed by atoms with van der Waals surface area (Å²) in [5, 5.41) is 9.45. The SMILES string of the molecule is C=CC(O)B1OC(C)(C)C(C)(C)O1. The van der Waals surface area contributed by atoms with Crippen LogP contribution in [0.15, 0.2) is 12.7 Å².